The van der Waals surface area contributed by atoms with Gasteiger partial charge in [-0.2, -0.15) is 0 Å². The molecule has 34 heavy (non-hydrogen) atoms. The first-order valence-corrected chi connectivity index (χ1v) is 14.7. The summed E-state index contributed by atoms with van der Waals surface area (Å²) in [6, 6.07) is 19.9. The van der Waals surface area contributed by atoms with E-state index in [9.17, 15) is 16.8 Å². The summed E-state index contributed by atoms with van der Waals surface area (Å²) in [5, 5.41) is 1.28. The molecule has 1 aliphatic heterocycles. The summed E-state index contributed by atoms with van der Waals surface area (Å²) < 4.78 is 51.9. The fourth-order valence-electron chi connectivity index (χ4n) is 4.11. The number of hydrogen-bond donors (Lipinski definition) is 1. The molecule has 4 rings (SSSR count). The van der Waals surface area contributed by atoms with Crippen molar-refractivity contribution in [2.24, 2.45) is 0 Å². The summed E-state index contributed by atoms with van der Waals surface area (Å²) in [6.45, 7) is 2.47. The molecule has 1 N–H and O–H groups in total. The fourth-order valence-corrected chi connectivity index (χ4v) is 6.30. The number of benzene rings is 3. The second-order valence-electron chi connectivity index (χ2n) is 8.41. The van der Waals surface area contributed by atoms with Gasteiger partial charge in [0.2, 0.25) is 10.0 Å². The maximum absolute atomic E-state index is 12.9. The highest BCUT2D eigenvalue weighted by Crippen LogP contribution is 2.37. The Morgan fingerprint density at radius 3 is 1.65 bits per heavy atom. The van der Waals surface area contributed by atoms with Crippen molar-refractivity contribution in [2.75, 3.05) is 12.8 Å². The zero-order valence-electron chi connectivity index (χ0n) is 18.5. The standard InChI is InChI=1S/C24H24Cl2N2O4S2/c1-16-23(27-34(31,32)22-13-11-21(12-14-22)33(2,29)30)15-28(16)24(17-3-7-19(25)8-4-17)18-5-9-20(26)10-6-18/h3-14,16,23-24,27H,15H2,1-2H3/t16-,23+/m0/s1. The zero-order valence-corrected chi connectivity index (χ0v) is 21.7. The van der Waals surface area contributed by atoms with Crippen LogP contribution in [0.2, 0.25) is 10.0 Å². The van der Waals surface area contributed by atoms with E-state index in [1.807, 2.05) is 55.5 Å². The van der Waals surface area contributed by atoms with Gasteiger partial charge in [-0.1, -0.05) is 47.5 Å². The van der Waals surface area contributed by atoms with E-state index in [-0.39, 0.29) is 27.9 Å². The van der Waals surface area contributed by atoms with Crippen LogP contribution in [0.1, 0.15) is 24.1 Å². The Hall–Kier alpha value is -1.94. The minimum Gasteiger partial charge on any atom is -0.286 e. The highest BCUT2D eigenvalue weighted by Gasteiger charge is 2.42. The van der Waals surface area contributed by atoms with Gasteiger partial charge in [0.1, 0.15) is 0 Å². The van der Waals surface area contributed by atoms with Gasteiger partial charge in [-0.05, 0) is 66.6 Å². The molecule has 0 bridgehead atoms. The summed E-state index contributed by atoms with van der Waals surface area (Å²) >= 11 is 12.2. The molecule has 0 aromatic heterocycles. The Balaban J connectivity index is 1.54. The monoisotopic (exact) mass is 538 g/mol. The molecule has 1 aliphatic rings. The maximum atomic E-state index is 12.9. The van der Waals surface area contributed by atoms with Gasteiger partial charge in [0.15, 0.2) is 9.84 Å². The summed E-state index contributed by atoms with van der Waals surface area (Å²) in [6.07, 6.45) is 1.08. The lowest BCUT2D eigenvalue weighted by atomic mass is 9.89. The highest BCUT2D eigenvalue weighted by atomic mass is 35.5. The number of rotatable bonds is 7. The smallest absolute Gasteiger partial charge is 0.240 e. The predicted octanol–water partition coefficient (Wildman–Crippen LogP) is 4.54. The van der Waals surface area contributed by atoms with Crippen molar-refractivity contribution in [1.29, 1.82) is 0 Å². The van der Waals surface area contributed by atoms with Crippen LogP contribution in [0.4, 0.5) is 0 Å². The lowest BCUT2D eigenvalue weighted by Gasteiger charge is -2.50. The Kier molecular flexibility index (Phi) is 7.11. The molecule has 0 unspecified atom stereocenters. The van der Waals surface area contributed by atoms with Crippen LogP contribution >= 0.6 is 23.2 Å². The first-order valence-electron chi connectivity index (χ1n) is 10.5. The van der Waals surface area contributed by atoms with E-state index in [2.05, 4.69) is 9.62 Å². The third kappa shape index (κ3) is 5.32. The van der Waals surface area contributed by atoms with Crippen molar-refractivity contribution < 1.29 is 16.8 Å². The topological polar surface area (TPSA) is 83.5 Å². The minimum atomic E-state index is -3.81. The fraction of sp³-hybridized carbons (Fsp3) is 0.250. The van der Waals surface area contributed by atoms with Crippen molar-refractivity contribution in [3.05, 3.63) is 94.0 Å². The van der Waals surface area contributed by atoms with E-state index in [0.29, 0.717) is 16.6 Å². The van der Waals surface area contributed by atoms with Crippen LogP contribution in [-0.4, -0.2) is 46.6 Å². The third-order valence-corrected chi connectivity index (χ3v) is 9.22. The number of nitrogens with one attached hydrogen (secondary N) is 1. The van der Waals surface area contributed by atoms with E-state index >= 15 is 0 Å². The van der Waals surface area contributed by atoms with Crippen molar-refractivity contribution >= 4 is 43.1 Å². The number of halogens is 2. The Labute approximate surface area is 210 Å². The normalized spacial score (nSPS) is 19.2. The molecule has 6 nitrogen and oxygen atoms in total. The van der Waals surface area contributed by atoms with Crippen LogP contribution in [0.15, 0.2) is 82.6 Å². The van der Waals surface area contributed by atoms with Crippen LogP contribution < -0.4 is 4.72 Å². The van der Waals surface area contributed by atoms with Gasteiger partial charge in [0.05, 0.1) is 21.9 Å². The number of hydrogen-bond acceptors (Lipinski definition) is 5. The Morgan fingerprint density at radius 2 is 1.24 bits per heavy atom. The van der Waals surface area contributed by atoms with E-state index in [1.165, 1.54) is 24.3 Å². The van der Waals surface area contributed by atoms with E-state index < -0.39 is 19.9 Å². The van der Waals surface area contributed by atoms with E-state index in [4.69, 9.17) is 23.2 Å². The third-order valence-electron chi connectivity index (χ3n) is 6.08. The SMILES string of the molecule is C[C@H]1[C@H](NS(=O)(=O)c2ccc(S(C)(=O)=O)cc2)CN1C(c1ccc(Cl)cc1)c1ccc(Cl)cc1. The van der Waals surface area contributed by atoms with E-state index in [1.54, 1.807) is 0 Å². The van der Waals surface area contributed by atoms with Crippen molar-refractivity contribution in [3.8, 4) is 0 Å². The molecule has 3 aromatic rings. The highest BCUT2D eigenvalue weighted by molar-refractivity contribution is 7.90. The quantitative estimate of drug-likeness (QED) is 0.477. The van der Waals surface area contributed by atoms with Gasteiger partial charge in [0.25, 0.3) is 0 Å². The van der Waals surface area contributed by atoms with Gasteiger partial charge in [-0.25, -0.2) is 21.6 Å². The second kappa shape index (κ2) is 9.60. The first kappa shape index (κ1) is 25.2. The molecule has 0 spiro atoms. The van der Waals surface area contributed by atoms with E-state index in [0.717, 1.165) is 17.4 Å². The summed E-state index contributed by atoms with van der Waals surface area (Å²) in [4.78, 5) is 2.31. The largest absolute Gasteiger partial charge is 0.286 e. The summed E-state index contributed by atoms with van der Waals surface area (Å²) in [7, 11) is -7.22. The minimum absolute atomic E-state index is 0.0255. The Bertz CT molecular complexity index is 1330. The predicted molar refractivity (Wildman–Crippen MR) is 135 cm³/mol. The van der Waals surface area contributed by atoms with Crippen LogP contribution in [0.3, 0.4) is 0 Å². The molecule has 0 radical (unpaired) electrons. The molecule has 1 fully saturated rings. The number of sulfone groups is 1. The van der Waals surface area contributed by atoms with Crippen LogP contribution in [0.5, 0.6) is 0 Å². The lowest BCUT2D eigenvalue weighted by Crippen LogP contribution is -2.66. The van der Waals surface area contributed by atoms with Crippen LogP contribution in [-0.2, 0) is 19.9 Å². The van der Waals surface area contributed by atoms with Gasteiger partial charge in [0, 0.05) is 28.9 Å². The number of sulfonamides is 1. The molecular weight excluding hydrogens is 515 g/mol. The van der Waals surface area contributed by atoms with Gasteiger partial charge in [-0.3, -0.25) is 4.90 Å². The van der Waals surface area contributed by atoms with Crippen molar-refractivity contribution in [2.45, 2.75) is 34.8 Å². The Morgan fingerprint density at radius 1 is 0.794 bits per heavy atom. The van der Waals surface area contributed by atoms with Crippen molar-refractivity contribution in [3.63, 3.8) is 0 Å². The zero-order chi connectivity index (χ0) is 24.7. The summed E-state index contributed by atoms with van der Waals surface area (Å²) in [5.74, 6) is 0. The molecule has 1 saturated heterocycles. The summed E-state index contributed by atoms with van der Waals surface area (Å²) in [5.41, 5.74) is 2.08. The van der Waals surface area contributed by atoms with Gasteiger partial charge >= 0.3 is 0 Å². The average molecular weight is 540 g/mol. The van der Waals surface area contributed by atoms with Crippen LogP contribution in [0.25, 0.3) is 0 Å². The molecule has 10 heteroatoms. The molecule has 1 heterocycles. The van der Waals surface area contributed by atoms with Crippen LogP contribution in [0, 0.1) is 0 Å². The first-order chi connectivity index (χ1) is 16.0. The molecule has 0 amide bonds. The molecular formula is C24H24Cl2N2O4S2. The van der Waals surface area contributed by atoms with Gasteiger partial charge in [-0.15, -0.1) is 0 Å². The molecule has 0 saturated carbocycles. The molecule has 2 atom stereocenters. The number of nitrogens with zero attached hydrogens (tertiary/aromatic N) is 1. The second-order valence-corrected chi connectivity index (χ2v) is 13.0. The molecule has 3 aromatic carbocycles. The molecule has 180 valence electrons. The molecule has 0 aliphatic carbocycles. The van der Waals surface area contributed by atoms with Gasteiger partial charge < -0.3 is 0 Å². The lowest BCUT2D eigenvalue weighted by molar-refractivity contribution is 0.0370. The maximum Gasteiger partial charge on any atom is 0.240 e. The average Bonchev–Trinajstić information content (AvgIpc) is 2.79. The number of likely N-dealkylation sites (tertiary alicyclic amines) is 1. The van der Waals surface area contributed by atoms with Crippen molar-refractivity contribution in [1.82, 2.24) is 9.62 Å².